The van der Waals surface area contributed by atoms with Crippen LogP contribution >= 0.6 is 0 Å². The maximum Gasteiger partial charge on any atom is 0.323 e. The fourth-order valence-corrected chi connectivity index (χ4v) is 3.58. The van der Waals surface area contributed by atoms with E-state index in [2.05, 4.69) is 9.97 Å². The lowest BCUT2D eigenvalue weighted by Gasteiger charge is -2.18. The largest absolute Gasteiger partial charge is 0.497 e. The minimum atomic E-state index is -0.280. The van der Waals surface area contributed by atoms with Gasteiger partial charge in [0, 0.05) is 10.9 Å². The van der Waals surface area contributed by atoms with Crippen molar-refractivity contribution in [1.29, 1.82) is 0 Å². The van der Waals surface area contributed by atoms with Crippen LogP contribution in [0.1, 0.15) is 0 Å². The van der Waals surface area contributed by atoms with Gasteiger partial charge in [-0.3, -0.25) is 0 Å². The number of aromatic nitrogens is 2. The van der Waals surface area contributed by atoms with E-state index in [-0.39, 0.29) is 5.69 Å². The van der Waals surface area contributed by atoms with Crippen LogP contribution < -0.4 is 24.6 Å². The van der Waals surface area contributed by atoms with Gasteiger partial charge < -0.3 is 28.9 Å². The normalized spacial score (nSPS) is 11.0. The molecule has 0 spiro atoms. The van der Waals surface area contributed by atoms with E-state index in [1.165, 1.54) is 0 Å². The molecule has 1 heterocycles. The molecule has 0 bridgehead atoms. The van der Waals surface area contributed by atoms with Gasteiger partial charge in [0.2, 0.25) is 5.75 Å². The number of nitrogens with one attached hydrogen (secondary N) is 2. The van der Waals surface area contributed by atoms with E-state index in [1.54, 1.807) is 28.4 Å². The molecule has 7 nitrogen and oxygen atoms in total. The summed E-state index contributed by atoms with van der Waals surface area (Å²) in [6.45, 7) is 0. The summed E-state index contributed by atoms with van der Waals surface area (Å²) in [4.78, 5) is 17.8. The number of aromatic amines is 2. The van der Waals surface area contributed by atoms with Crippen molar-refractivity contribution in [3.05, 3.63) is 46.9 Å². The molecule has 144 valence electrons. The predicted octanol–water partition coefficient (Wildman–Crippen LogP) is 3.71. The summed E-state index contributed by atoms with van der Waals surface area (Å²) in [5.74, 6) is 2.31. The molecule has 28 heavy (non-hydrogen) atoms. The Morgan fingerprint density at radius 2 is 1.50 bits per heavy atom. The molecule has 0 saturated heterocycles. The van der Waals surface area contributed by atoms with Crippen LogP contribution in [0.5, 0.6) is 23.0 Å². The van der Waals surface area contributed by atoms with Crippen molar-refractivity contribution in [3.8, 4) is 34.1 Å². The molecule has 0 radical (unpaired) electrons. The topological polar surface area (TPSA) is 85.6 Å². The van der Waals surface area contributed by atoms with E-state index in [9.17, 15) is 4.79 Å². The van der Waals surface area contributed by atoms with E-state index in [4.69, 9.17) is 18.9 Å². The molecule has 0 atom stereocenters. The highest BCUT2D eigenvalue weighted by atomic mass is 16.5. The van der Waals surface area contributed by atoms with Crippen molar-refractivity contribution in [2.24, 2.45) is 0 Å². The van der Waals surface area contributed by atoms with Gasteiger partial charge in [0.1, 0.15) is 5.75 Å². The molecule has 0 fully saturated rings. The first-order valence-corrected chi connectivity index (χ1v) is 8.63. The molecular formula is C21H20N2O5. The molecule has 1 aromatic heterocycles. The fourth-order valence-electron chi connectivity index (χ4n) is 3.58. The Bertz CT molecular complexity index is 1220. The van der Waals surface area contributed by atoms with Gasteiger partial charge in [0.25, 0.3) is 0 Å². The van der Waals surface area contributed by atoms with Crippen LogP contribution in [0.4, 0.5) is 0 Å². The number of benzene rings is 3. The summed E-state index contributed by atoms with van der Waals surface area (Å²) in [5.41, 5.74) is 2.83. The monoisotopic (exact) mass is 380 g/mol. The summed E-state index contributed by atoms with van der Waals surface area (Å²) in [6.07, 6.45) is 0. The molecule has 0 aliphatic carbocycles. The molecule has 4 rings (SSSR count). The lowest BCUT2D eigenvalue weighted by atomic mass is 9.95. The van der Waals surface area contributed by atoms with Crippen LogP contribution in [0.25, 0.3) is 32.9 Å². The molecule has 0 aliphatic rings. The van der Waals surface area contributed by atoms with Crippen LogP contribution in [-0.2, 0) is 0 Å². The highest BCUT2D eigenvalue weighted by Crippen LogP contribution is 2.48. The number of H-pyrrole nitrogens is 2. The van der Waals surface area contributed by atoms with E-state index in [1.807, 2.05) is 36.4 Å². The maximum atomic E-state index is 12.0. The molecule has 0 unspecified atom stereocenters. The lowest BCUT2D eigenvalue weighted by Crippen LogP contribution is -1.99. The number of hydrogen-bond acceptors (Lipinski definition) is 5. The Balaban J connectivity index is 2.21. The first-order valence-electron chi connectivity index (χ1n) is 8.63. The van der Waals surface area contributed by atoms with Gasteiger partial charge >= 0.3 is 5.69 Å². The van der Waals surface area contributed by atoms with Crippen LogP contribution in [-0.4, -0.2) is 38.4 Å². The number of ether oxygens (including phenoxy) is 4. The molecule has 2 N–H and O–H groups in total. The maximum absolute atomic E-state index is 12.0. The number of methoxy groups -OCH3 is 4. The van der Waals surface area contributed by atoms with Crippen molar-refractivity contribution in [1.82, 2.24) is 9.97 Å². The lowest BCUT2D eigenvalue weighted by molar-refractivity contribution is 0.327. The summed E-state index contributed by atoms with van der Waals surface area (Å²) in [5, 5.41) is 1.66. The molecule has 0 aliphatic heterocycles. The van der Waals surface area contributed by atoms with Gasteiger partial charge in [-0.25, -0.2) is 4.79 Å². The predicted molar refractivity (Wildman–Crippen MR) is 108 cm³/mol. The van der Waals surface area contributed by atoms with Gasteiger partial charge in [0.15, 0.2) is 11.5 Å². The van der Waals surface area contributed by atoms with E-state index >= 15 is 0 Å². The van der Waals surface area contributed by atoms with Gasteiger partial charge in [-0.1, -0.05) is 12.1 Å². The Kier molecular flexibility index (Phi) is 4.35. The number of fused-ring (bicyclic) bond motifs is 2. The van der Waals surface area contributed by atoms with Crippen molar-refractivity contribution in [3.63, 3.8) is 0 Å². The number of hydrogen-bond donors (Lipinski definition) is 2. The molecule has 4 aromatic rings. The highest BCUT2D eigenvalue weighted by molar-refractivity contribution is 6.14. The molecule has 0 amide bonds. The average Bonchev–Trinajstić information content (AvgIpc) is 3.10. The Labute approximate surface area is 160 Å². The van der Waals surface area contributed by atoms with Gasteiger partial charge in [-0.05, 0) is 35.2 Å². The van der Waals surface area contributed by atoms with Gasteiger partial charge in [-0.15, -0.1) is 0 Å². The first-order chi connectivity index (χ1) is 13.6. The Hall–Kier alpha value is -3.61. The molecule has 0 saturated carbocycles. The second-order valence-electron chi connectivity index (χ2n) is 6.23. The average molecular weight is 380 g/mol. The zero-order valence-corrected chi connectivity index (χ0v) is 16.0. The van der Waals surface area contributed by atoms with Gasteiger partial charge in [0.05, 0.1) is 39.5 Å². The third-order valence-electron chi connectivity index (χ3n) is 4.80. The zero-order chi connectivity index (χ0) is 19.8. The van der Waals surface area contributed by atoms with Crippen LogP contribution in [0.3, 0.4) is 0 Å². The smallest absolute Gasteiger partial charge is 0.323 e. The third-order valence-corrected chi connectivity index (χ3v) is 4.80. The third kappa shape index (κ3) is 2.63. The standard InChI is InChI=1S/C21H20N2O5/c1-25-13-7-5-11(6-8-13)16-17-12(9-14-18(16)23-21(24)22-14)10-15(26-2)19(27-3)20(17)28-4/h5-10H,1-4H3,(H2,22,23,24). The molecule has 7 heteroatoms. The summed E-state index contributed by atoms with van der Waals surface area (Å²) in [7, 11) is 6.34. The van der Waals surface area contributed by atoms with Crippen LogP contribution in [0.15, 0.2) is 41.2 Å². The van der Waals surface area contributed by atoms with Gasteiger partial charge in [-0.2, -0.15) is 0 Å². The fraction of sp³-hybridized carbons (Fsp3) is 0.190. The zero-order valence-electron chi connectivity index (χ0n) is 16.0. The Morgan fingerprint density at radius 3 is 2.11 bits per heavy atom. The summed E-state index contributed by atoms with van der Waals surface area (Å²) in [6, 6.07) is 11.4. The van der Waals surface area contributed by atoms with Crippen molar-refractivity contribution < 1.29 is 18.9 Å². The van der Waals surface area contributed by atoms with Crippen LogP contribution in [0, 0.1) is 0 Å². The van der Waals surface area contributed by atoms with E-state index in [0.717, 1.165) is 27.6 Å². The second kappa shape index (κ2) is 6.84. The number of imidazole rings is 1. The van der Waals surface area contributed by atoms with Crippen molar-refractivity contribution in [2.45, 2.75) is 0 Å². The van der Waals surface area contributed by atoms with E-state index in [0.29, 0.717) is 28.3 Å². The van der Waals surface area contributed by atoms with Crippen LogP contribution in [0.2, 0.25) is 0 Å². The molecular weight excluding hydrogens is 360 g/mol. The minimum absolute atomic E-state index is 0.280. The SMILES string of the molecule is COc1ccc(-c2c3[nH]c(=O)[nH]c3cc3cc(OC)c(OC)c(OC)c23)cc1. The second-order valence-corrected chi connectivity index (χ2v) is 6.23. The summed E-state index contributed by atoms with van der Waals surface area (Å²) < 4.78 is 22.0. The first kappa shape index (κ1) is 17.8. The van der Waals surface area contributed by atoms with Crippen molar-refractivity contribution in [2.75, 3.05) is 28.4 Å². The minimum Gasteiger partial charge on any atom is -0.497 e. The highest BCUT2D eigenvalue weighted by Gasteiger charge is 2.22. The van der Waals surface area contributed by atoms with E-state index < -0.39 is 0 Å². The Morgan fingerprint density at radius 1 is 0.786 bits per heavy atom. The summed E-state index contributed by atoms with van der Waals surface area (Å²) >= 11 is 0. The quantitative estimate of drug-likeness (QED) is 0.551. The molecule has 3 aromatic carbocycles. The number of rotatable bonds is 5. The van der Waals surface area contributed by atoms with Crippen molar-refractivity contribution >= 4 is 21.8 Å².